The highest BCUT2D eigenvalue weighted by atomic mass is 79.9. The first-order valence-electron chi connectivity index (χ1n) is 2.81. The summed E-state index contributed by atoms with van der Waals surface area (Å²) in [5.74, 6) is -0.692. The predicted molar refractivity (Wildman–Crippen MR) is 45.8 cm³/mol. The van der Waals surface area contributed by atoms with E-state index in [1.165, 1.54) is 0 Å². The van der Waals surface area contributed by atoms with E-state index in [9.17, 15) is 14.5 Å². The standard InChI is InChI=1S/C6H2BrClFNO2/c7-4-1-3(10(11)12)2-5(8)6(4)9/h1-2H. The lowest BCUT2D eigenvalue weighted by Crippen LogP contribution is -1.89. The molecule has 0 aliphatic carbocycles. The van der Waals surface area contributed by atoms with Gasteiger partial charge in [-0.05, 0) is 15.9 Å². The number of non-ortho nitro benzene ring substituents is 1. The van der Waals surface area contributed by atoms with E-state index < -0.39 is 10.7 Å². The van der Waals surface area contributed by atoms with Crippen LogP contribution < -0.4 is 0 Å². The molecule has 3 nitrogen and oxygen atoms in total. The number of rotatable bonds is 1. The zero-order valence-electron chi connectivity index (χ0n) is 5.55. The van der Waals surface area contributed by atoms with Gasteiger partial charge in [-0.3, -0.25) is 10.1 Å². The van der Waals surface area contributed by atoms with Crippen LogP contribution >= 0.6 is 27.5 Å². The normalized spacial score (nSPS) is 9.92. The molecule has 0 radical (unpaired) electrons. The molecular weight excluding hydrogens is 252 g/mol. The third kappa shape index (κ3) is 1.73. The summed E-state index contributed by atoms with van der Waals surface area (Å²) < 4.78 is 12.8. The number of benzene rings is 1. The molecule has 0 aliphatic rings. The van der Waals surface area contributed by atoms with Crippen molar-refractivity contribution >= 4 is 33.2 Å². The minimum atomic E-state index is -0.692. The largest absolute Gasteiger partial charge is 0.272 e. The third-order valence-electron chi connectivity index (χ3n) is 1.18. The van der Waals surface area contributed by atoms with Crippen LogP contribution in [0.4, 0.5) is 10.1 Å². The van der Waals surface area contributed by atoms with Crippen LogP contribution in [0.1, 0.15) is 0 Å². The molecule has 0 aliphatic heterocycles. The SMILES string of the molecule is O=[N+]([O-])c1cc(Cl)c(F)c(Br)c1. The van der Waals surface area contributed by atoms with E-state index in [-0.39, 0.29) is 15.2 Å². The second kappa shape index (κ2) is 3.37. The molecule has 0 heterocycles. The fourth-order valence-corrected chi connectivity index (χ4v) is 1.42. The first-order valence-corrected chi connectivity index (χ1v) is 3.98. The van der Waals surface area contributed by atoms with Gasteiger partial charge >= 0.3 is 0 Å². The summed E-state index contributed by atoms with van der Waals surface area (Å²) in [6.45, 7) is 0. The number of nitro groups is 1. The monoisotopic (exact) mass is 253 g/mol. The van der Waals surface area contributed by atoms with Crippen molar-refractivity contribution in [1.82, 2.24) is 0 Å². The van der Waals surface area contributed by atoms with E-state index in [4.69, 9.17) is 11.6 Å². The first kappa shape index (κ1) is 9.41. The van der Waals surface area contributed by atoms with Gasteiger partial charge in [0.2, 0.25) is 0 Å². The third-order valence-corrected chi connectivity index (χ3v) is 2.03. The van der Waals surface area contributed by atoms with Crippen molar-refractivity contribution in [3.8, 4) is 0 Å². The molecule has 6 heteroatoms. The van der Waals surface area contributed by atoms with Gasteiger partial charge in [-0.25, -0.2) is 4.39 Å². The molecule has 0 unspecified atom stereocenters. The Kier molecular flexibility index (Phi) is 2.64. The maximum atomic E-state index is 12.8. The second-order valence-electron chi connectivity index (χ2n) is 1.98. The van der Waals surface area contributed by atoms with Crippen molar-refractivity contribution in [2.75, 3.05) is 0 Å². The Labute approximate surface area is 80.4 Å². The molecular formula is C6H2BrClFNO2. The van der Waals surface area contributed by atoms with Crippen LogP contribution in [-0.4, -0.2) is 4.92 Å². The highest BCUT2D eigenvalue weighted by Crippen LogP contribution is 2.28. The molecule has 64 valence electrons. The van der Waals surface area contributed by atoms with Crippen LogP contribution in [0.3, 0.4) is 0 Å². The summed E-state index contributed by atoms with van der Waals surface area (Å²) in [5, 5.41) is 9.95. The molecule has 1 aromatic rings. The first-order chi connectivity index (χ1) is 5.52. The van der Waals surface area contributed by atoms with Gasteiger partial charge in [-0.1, -0.05) is 11.6 Å². The highest BCUT2D eigenvalue weighted by Gasteiger charge is 2.13. The number of hydrogen-bond donors (Lipinski definition) is 0. The average molecular weight is 254 g/mol. The van der Waals surface area contributed by atoms with Crippen molar-refractivity contribution < 1.29 is 9.31 Å². The zero-order valence-corrected chi connectivity index (χ0v) is 7.89. The lowest BCUT2D eigenvalue weighted by atomic mass is 10.3. The van der Waals surface area contributed by atoms with Gasteiger partial charge in [-0.2, -0.15) is 0 Å². The van der Waals surface area contributed by atoms with Gasteiger partial charge in [0.05, 0.1) is 14.4 Å². The van der Waals surface area contributed by atoms with Gasteiger partial charge in [0.25, 0.3) is 5.69 Å². The summed E-state index contributed by atoms with van der Waals surface area (Å²) >= 11 is 8.16. The molecule has 0 amide bonds. The minimum absolute atomic E-state index is 0.0123. The van der Waals surface area contributed by atoms with Crippen LogP contribution in [0.15, 0.2) is 16.6 Å². The molecule has 0 atom stereocenters. The molecule has 1 rings (SSSR count). The van der Waals surface area contributed by atoms with Crippen LogP contribution in [-0.2, 0) is 0 Å². The van der Waals surface area contributed by atoms with E-state index in [2.05, 4.69) is 15.9 Å². The van der Waals surface area contributed by atoms with Crippen molar-refractivity contribution in [2.24, 2.45) is 0 Å². The molecule has 0 bridgehead atoms. The topological polar surface area (TPSA) is 43.1 Å². The quantitative estimate of drug-likeness (QED) is 0.439. The van der Waals surface area contributed by atoms with Crippen LogP contribution in [0, 0.1) is 15.9 Å². The van der Waals surface area contributed by atoms with E-state index >= 15 is 0 Å². The molecule has 0 aromatic heterocycles. The smallest absolute Gasteiger partial charge is 0.258 e. The molecule has 1 aromatic carbocycles. The fourth-order valence-electron chi connectivity index (χ4n) is 0.648. The van der Waals surface area contributed by atoms with E-state index in [1.807, 2.05) is 0 Å². The number of hydrogen-bond acceptors (Lipinski definition) is 2. The Morgan fingerprint density at radius 3 is 2.58 bits per heavy atom. The Morgan fingerprint density at radius 2 is 2.17 bits per heavy atom. The van der Waals surface area contributed by atoms with Gasteiger partial charge in [0.1, 0.15) is 0 Å². The number of nitrogens with zero attached hydrogens (tertiary/aromatic N) is 1. The van der Waals surface area contributed by atoms with E-state index in [1.54, 1.807) is 0 Å². The molecule has 0 saturated carbocycles. The summed E-state index contributed by atoms with van der Waals surface area (Å²) in [6.07, 6.45) is 0. The van der Waals surface area contributed by atoms with Gasteiger partial charge in [0, 0.05) is 12.1 Å². The summed E-state index contributed by atoms with van der Waals surface area (Å²) in [4.78, 5) is 9.58. The Balaban J connectivity index is 3.31. The van der Waals surface area contributed by atoms with Crippen molar-refractivity contribution in [2.45, 2.75) is 0 Å². The van der Waals surface area contributed by atoms with Gasteiger partial charge in [-0.15, -0.1) is 0 Å². The predicted octanol–water partition coefficient (Wildman–Crippen LogP) is 3.15. The molecule has 0 N–H and O–H groups in total. The van der Waals surface area contributed by atoms with Crippen molar-refractivity contribution in [1.29, 1.82) is 0 Å². The van der Waals surface area contributed by atoms with Crippen LogP contribution in [0.2, 0.25) is 5.02 Å². The summed E-state index contributed by atoms with van der Waals surface area (Å²) in [6, 6.07) is 2.02. The number of halogens is 3. The second-order valence-corrected chi connectivity index (χ2v) is 3.24. The fraction of sp³-hybridized carbons (Fsp3) is 0. The van der Waals surface area contributed by atoms with Gasteiger partial charge < -0.3 is 0 Å². The minimum Gasteiger partial charge on any atom is -0.258 e. The lowest BCUT2D eigenvalue weighted by Gasteiger charge is -1.96. The maximum absolute atomic E-state index is 12.8. The Morgan fingerprint density at radius 1 is 1.58 bits per heavy atom. The maximum Gasteiger partial charge on any atom is 0.272 e. The lowest BCUT2D eigenvalue weighted by molar-refractivity contribution is -0.385. The van der Waals surface area contributed by atoms with E-state index in [0.29, 0.717) is 0 Å². The van der Waals surface area contributed by atoms with Crippen molar-refractivity contribution in [3.63, 3.8) is 0 Å². The molecule has 12 heavy (non-hydrogen) atoms. The summed E-state index contributed by atoms with van der Waals surface area (Å²) in [7, 11) is 0. The molecule has 0 spiro atoms. The van der Waals surface area contributed by atoms with Crippen LogP contribution in [0.25, 0.3) is 0 Å². The molecule has 0 fully saturated rings. The van der Waals surface area contributed by atoms with Gasteiger partial charge in [0.15, 0.2) is 5.82 Å². The highest BCUT2D eigenvalue weighted by molar-refractivity contribution is 9.10. The molecule has 0 saturated heterocycles. The Hall–Kier alpha value is -0.680. The average Bonchev–Trinajstić information content (AvgIpc) is 1.99. The van der Waals surface area contributed by atoms with Crippen LogP contribution in [0.5, 0.6) is 0 Å². The van der Waals surface area contributed by atoms with E-state index in [0.717, 1.165) is 12.1 Å². The summed E-state index contributed by atoms with van der Waals surface area (Å²) in [5.41, 5.74) is -0.242. The number of nitro benzene ring substituents is 1. The van der Waals surface area contributed by atoms with Crippen molar-refractivity contribution in [3.05, 3.63) is 37.6 Å². The zero-order chi connectivity index (χ0) is 9.30. The Bertz CT molecular complexity index is 321.